The first-order valence-corrected chi connectivity index (χ1v) is 2.27. The number of hydrogen-bond donors (Lipinski definition) is 1. The van der Waals surface area contributed by atoms with Crippen molar-refractivity contribution in [3.8, 4) is 12.0 Å². The van der Waals surface area contributed by atoms with Crippen LogP contribution < -0.4 is 5.32 Å². The van der Waals surface area contributed by atoms with Crippen LogP contribution in [-0.2, 0) is 4.79 Å². The minimum absolute atomic E-state index is 1.32. The third-order valence-electron chi connectivity index (χ3n) is 0.558. The third-order valence-corrected chi connectivity index (χ3v) is 0.558. The zero-order valence-electron chi connectivity index (χ0n) is 5.04. The maximum absolute atomic E-state index is 11.3. The highest BCUT2D eigenvalue weighted by Gasteiger charge is 2.38. The van der Waals surface area contributed by atoms with Crippen molar-refractivity contribution in [2.24, 2.45) is 0 Å². The monoisotopic (exact) mass is 151 g/mol. The summed E-state index contributed by atoms with van der Waals surface area (Å²) in [6.45, 7) is 1.32. The van der Waals surface area contributed by atoms with Crippen LogP contribution in [0.5, 0.6) is 0 Å². The highest BCUT2D eigenvalue weighted by Crippen LogP contribution is 2.13. The lowest BCUT2D eigenvalue weighted by atomic mass is 10.6. The summed E-state index contributed by atoms with van der Waals surface area (Å²) >= 11 is 0. The largest absolute Gasteiger partial charge is 0.472 e. The van der Waals surface area contributed by atoms with Gasteiger partial charge in [-0.3, -0.25) is 10.1 Å². The molecule has 5 heteroatoms. The van der Waals surface area contributed by atoms with E-state index in [1.54, 1.807) is 6.04 Å². The predicted octanol–water partition coefficient (Wildman–Crippen LogP) is 0.646. The van der Waals surface area contributed by atoms with Crippen LogP contribution in [0.2, 0.25) is 0 Å². The zero-order valence-corrected chi connectivity index (χ0v) is 5.04. The maximum Gasteiger partial charge on any atom is 0.472 e. The number of halogens is 3. The molecule has 0 unspecified atom stereocenters. The van der Waals surface area contributed by atoms with Gasteiger partial charge in [0.2, 0.25) is 0 Å². The quantitative estimate of drug-likeness (QED) is 0.399. The van der Waals surface area contributed by atoms with E-state index in [1.165, 1.54) is 12.2 Å². The molecule has 1 amide bonds. The van der Waals surface area contributed by atoms with Gasteiger partial charge >= 0.3 is 12.1 Å². The van der Waals surface area contributed by atoms with Gasteiger partial charge in [0.05, 0.1) is 0 Å². The summed E-state index contributed by atoms with van der Waals surface area (Å²) in [5.74, 6) is 0.0488. The van der Waals surface area contributed by atoms with E-state index in [2.05, 4.69) is 5.92 Å². The summed E-state index contributed by atoms with van der Waals surface area (Å²) in [6.07, 6.45) is -4.84. The Hall–Kier alpha value is -1.18. The molecule has 0 saturated carbocycles. The first-order chi connectivity index (χ1) is 4.48. The molecule has 1 N–H and O–H groups in total. The van der Waals surface area contributed by atoms with Gasteiger partial charge in [0.15, 0.2) is 0 Å². The molecule has 0 heterocycles. The van der Waals surface area contributed by atoms with E-state index in [9.17, 15) is 18.0 Å². The molecule has 10 heavy (non-hydrogen) atoms. The highest BCUT2D eigenvalue weighted by atomic mass is 19.4. The standard InChI is InChI=1S/C5H4F3NO/c1-2-3-9-4(10)5(6,7)8/h1H3,(H,9,10). The fourth-order valence-corrected chi connectivity index (χ4v) is 0.190. The first-order valence-electron chi connectivity index (χ1n) is 2.27. The molecular weight excluding hydrogens is 147 g/mol. The Labute approximate surface area is 55.4 Å². The Bertz CT molecular complexity index is 185. The fraction of sp³-hybridized carbons (Fsp3) is 0.400. The second-order valence-corrected chi connectivity index (χ2v) is 1.33. The van der Waals surface area contributed by atoms with E-state index in [0.29, 0.717) is 0 Å². The average molecular weight is 151 g/mol. The van der Waals surface area contributed by atoms with Crippen LogP contribution in [0.1, 0.15) is 6.92 Å². The van der Waals surface area contributed by atoms with Gasteiger partial charge in [-0.2, -0.15) is 13.2 Å². The summed E-state index contributed by atoms with van der Waals surface area (Å²) in [7, 11) is 0. The lowest BCUT2D eigenvalue weighted by molar-refractivity contribution is -0.172. The van der Waals surface area contributed by atoms with E-state index < -0.39 is 12.1 Å². The molecule has 0 aliphatic rings. The van der Waals surface area contributed by atoms with Gasteiger partial charge in [-0.25, -0.2) is 0 Å². The lowest BCUT2D eigenvalue weighted by Crippen LogP contribution is -2.33. The molecule has 0 saturated heterocycles. The van der Waals surface area contributed by atoms with E-state index in [1.807, 2.05) is 0 Å². The Morgan fingerprint density at radius 1 is 1.50 bits per heavy atom. The van der Waals surface area contributed by atoms with E-state index in [-0.39, 0.29) is 0 Å². The van der Waals surface area contributed by atoms with E-state index >= 15 is 0 Å². The summed E-state index contributed by atoms with van der Waals surface area (Å²) in [6, 6.07) is 1.79. The Morgan fingerprint density at radius 2 is 2.00 bits per heavy atom. The minimum atomic E-state index is -4.84. The van der Waals surface area contributed by atoms with Crippen LogP contribution in [0.25, 0.3) is 0 Å². The summed E-state index contributed by atoms with van der Waals surface area (Å²) in [5.41, 5.74) is 0. The number of carbonyl (C=O) groups is 1. The predicted molar refractivity (Wildman–Crippen MR) is 27.6 cm³/mol. The lowest BCUT2D eigenvalue weighted by Gasteiger charge is -2.00. The second-order valence-electron chi connectivity index (χ2n) is 1.33. The summed E-state index contributed by atoms with van der Waals surface area (Å²) in [4.78, 5) is 9.88. The topological polar surface area (TPSA) is 29.1 Å². The van der Waals surface area contributed by atoms with Crippen LogP contribution >= 0.6 is 0 Å². The Balaban J connectivity index is 3.95. The minimum Gasteiger partial charge on any atom is -0.277 e. The smallest absolute Gasteiger partial charge is 0.277 e. The average Bonchev–Trinajstić information content (AvgIpc) is 1.80. The van der Waals surface area contributed by atoms with Crippen molar-refractivity contribution in [1.82, 2.24) is 5.32 Å². The van der Waals surface area contributed by atoms with Crippen molar-refractivity contribution in [2.45, 2.75) is 13.1 Å². The van der Waals surface area contributed by atoms with Crippen LogP contribution in [0.4, 0.5) is 13.2 Å². The Kier molecular flexibility index (Phi) is 2.74. The SMILES string of the molecule is CC#CNC(=O)C(F)(F)F. The highest BCUT2D eigenvalue weighted by molar-refractivity contribution is 5.83. The summed E-state index contributed by atoms with van der Waals surface area (Å²) in [5, 5.41) is 1.35. The molecule has 2 nitrogen and oxygen atoms in total. The van der Waals surface area contributed by atoms with Crippen molar-refractivity contribution in [3.63, 3.8) is 0 Å². The molecule has 0 aromatic rings. The van der Waals surface area contributed by atoms with Crippen LogP contribution in [0.3, 0.4) is 0 Å². The van der Waals surface area contributed by atoms with E-state index in [4.69, 9.17) is 0 Å². The molecule has 0 bridgehead atoms. The Morgan fingerprint density at radius 3 is 2.30 bits per heavy atom. The zero-order chi connectivity index (χ0) is 8.20. The second kappa shape index (κ2) is 3.11. The van der Waals surface area contributed by atoms with Crippen LogP contribution in [0.15, 0.2) is 0 Å². The van der Waals surface area contributed by atoms with Crippen molar-refractivity contribution in [2.75, 3.05) is 0 Å². The van der Waals surface area contributed by atoms with Gasteiger partial charge in [0, 0.05) is 6.04 Å². The van der Waals surface area contributed by atoms with Gasteiger partial charge < -0.3 is 0 Å². The molecule has 0 aliphatic carbocycles. The van der Waals surface area contributed by atoms with Gasteiger partial charge in [0.25, 0.3) is 0 Å². The number of nitrogens with one attached hydrogen (secondary N) is 1. The van der Waals surface area contributed by atoms with Crippen LogP contribution in [0, 0.1) is 12.0 Å². The van der Waals surface area contributed by atoms with Crippen LogP contribution in [-0.4, -0.2) is 12.1 Å². The molecule has 0 fully saturated rings. The molecular formula is C5H4F3NO. The van der Waals surface area contributed by atoms with Gasteiger partial charge in [-0.05, 0) is 6.92 Å². The number of amides is 1. The number of alkyl halides is 3. The molecule has 0 spiro atoms. The van der Waals surface area contributed by atoms with Gasteiger partial charge in [0.1, 0.15) is 0 Å². The van der Waals surface area contributed by atoms with Gasteiger partial charge in [-0.15, -0.1) is 0 Å². The van der Waals surface area contributed by atoms with Crippen molar-refractivity contribution in [1.29, 1.82) is 0 Å². The van der Waals surface area contributed by atoms with Crippen molar-refractivity contribution < 1.29 is 18.0 Å². The molecule has 0 aliphatic heterocycles. The molecule has 0 radical (unpaired) electrons. The van der Waals surface area contributed by atoms with Gasteiger partial charge in [-0.1, -0.05) is 5.92 Å². The molecule has 0 rings (SSSR count). The molecule has 56 valence electrons. The number of carbonyl (C=O) groups excluding carboxylic acids is 1. The third kappa shape index (κ3) is 2.97. The molecule has 0 atom stereocenters. The van der Waals surface area contributed by atoms with Crippen molar-refractivity contribution in [3.05, 3.63) is 0 Å². The number of rotatable bonds is 0. The first kappa shape index (κ1) is 8.82. The van der Waals surface area contributed by atoms with E-state index in [0.717, 1.165) is 0 Å². The molecule has 0 aromatic carbocycles. The number of hydrogen-bond acceptors (Lipinski definition) is 1. The fourth-order valence-electron chi connectivity index (χ4n) is 0.190. The normalized spacial score (nSPS) is 9.60. The maximum atomic E-state index is 11.3. The van der Waals surface area contributed by atoms with Crippen molar-refractivity contribution >= 4 is 5.91 Å². The summed E-state index contributed by atoms with van der Waals surface area (Å²) < 4.78 is 33.9. The molecule has 0 aromatic heterocycles.